The van der Waals surface area contributed by atoms with Crippen molar-refractivity contribution < 1.29 is 40.5 Å². The van der Waals surface area contributed by atoms with Crippen LogP contribution < -0.4 is 48.9 Å². The minimum absolute atomic E-state index is 0. The molecule has 146 heavy (non-hydrogen) atoms. The van der Waals surface area contributed by atoms with Gasteiger partial charge in [0.25, 0.3) is 38.9 Å². The highest BCUT2D eigenvalue weighted by molar-refractivity contribution is 8.93. The number of aromatic nitrogens is 16. The topological polar surface area (TPSA) is 437 Å². The molecule has 0 bridgehead atoms. The number of halogens is 16. The van der Waals surface area contributed by atoms with E-state index in [1.807, 2.05) is 30.1 Å². The molecular formula is C93H89Br2Cl14N21O15S. The maximum absolute atomic E-state index is 12.6. The van der Waals surface area contributed by atoms with Gasteiger partial charge in [0.15, 0.2) is 45.4 Å². The maximum Gasteiger partial charge on any atom is 0.281 e. The van der Waals surface area contributed by atoms with Crippen LogP contribution in [0, 0.1) is 12.8 Å². The Labute approximate surface area is 924 Å². The third-order valence-corrected chi connectivity index (χ3v) is 29.0. The monoisotopic (exact) mass is 2420 g/mol. The molecule has 0 radical (unpaired) electrons. The van der Waals surface area contributed by atoms with Crippen molar-refractivity contribution in [3.63, 3.8) is 0 Å². The molecular weight excluding hydrogens is 2340 g/mol. The highest BCUT2D eigenvalue weighted by Crippen LogP contribution is 2.42. The summed E-state index contributed by atoms with van der Waals surface area (Å²) >= 11 is 84.6. The smallest absolute Gasteiger partial charge is 0.281 e. The molecule has 1 aliphatic carbocycles. The first-order chi connectivity index (χ1) is 68.3. The van der Waals surface area contributed by atoms with Crippen molar-refractivity contribution in [2.45, 2.75) is 91.5 Å². The number of morpholine rings is 1. The van der Waals surface area contributed by atoms with Crippen LogP contribution in [0.2, 0.25) is 70.3 Å². The summed E-state index contributed by atoms with van der Waals surface area (Å²) in [7, 11) is 4.14. The van der Waals surface area contributed by atoms with Crippen LogP contribution in [0.25, 0.3) is 81.5 Å². The number of piperazine rings is 1. The van der Waals surface area contributed by atoms with E-state index in [0.717, 1.165) is 88.6 Å². The Hall–Kier alpha value is -9.64. The van der Waals surface area contributed by atoms with E-state index in [9.17, 15) is 69.3 Å². The molecule has 9 aromatic heterocycles. The number of aryl methyl sites for hydroxylation is 2. The molecule has 4 saturated heterocycles. The van der Waals surface area contributed by atoms with Crippen molar-refractivity contribution in [3.05, 3.63) is 271 Å². The first kappa shape index (κ1) is 115. The summed E-state index contributed by atoms with van der Waals surface area (Å²) in [4.78, 5) is 132. The number of nitrogens with zero attached hydrogens (tertiary/aromatic N) is 21. The summed E-state index contributed by atoms with van der Waals surface area (Å²) in [5, 5.41) is 76.4. The number of phenols is 7. The minimum Gasteiger partial charge on any atom is -0.504 e. The third kappa shape index (κ3) is 25.5. The Balaban J connectivity index is 0.000000151. The maximum atomic E-state index is 12.6. The van der Waals surface area contributed by atoms with Gasteiger partial charge in [-0.15, -0.1) is 45.3 Å². The van der Waals surface area contributed by atoms with Gasteiger partial charge in [0.05, 0.1) is 172 Å². The summed E-state index contributed by atoms with van der Waals surface area (Å²) in [5.41, 5.74) is -0.556. The number of pyridine rings is 1. The standard InChI is InChI=1S/C15H17Cl2N3O2.C14H9Cl2N3O2.C14H15Cl2N3O2.C13H14Cl2N4O2.C12H11Cl2N3O3.C12H7Cl2N3O2S.C12H10Cl2N2O2.CH4.2BrH/c1-19-5-2-3-9(19)4-6-20-8-18-13-12(15(20)22)10(16)7-11(17)14(13)21;15-9-5-10(16)13(20)12-11(9)14(21)19(7-18-12)6-8-3-1-2-4-17-8;15-9-7-10(16)13(20)12-11(9)14(21)19(8-17-12)6-5-18-3-1-2-4-18;1-17-2-4-18(5-3-17)19-7-16-11-10(13(19)21)8(14)6-9(15)12(11)20;13-7-5-8(14)11(18)10-9(7)12(19)17(6-15-10)16-1-3-20-4-2-16;1-5-3-15-12(20-5)17-4-16-9-8(11(17)19)6(13)2-7(14)10(9)18;13-7-3-8(14)11(17)10-9(7)12(18)16(5-15-10)4-6-1-2-6;;;/h7-9,21H,2-6H2,1H3;1-5,7,20H,6H2;7-8,20H,1-6H2;6-7,20H,2-5H2,1H3;5-6,18H,1-4H2;2-4,18H,1H3;3,5-6,17H,1-2,4H2;1H4;2*1H. The van der Waals surface area contributed by atoms with Gasteiger partial charge in [-0.05, 0) is 146 Å². The van der Waals surface area contributed by atoms with Gasteiger partial charge >= 0.3 is 0 Å². The first-order valence-corrected chi connectivity index (χ1v) is 49.9. The number of hydrogen-bond donors (Lipinski definition) is 7. The number of aromatic hydroxyl groups is 7. The van der Waals surface area contributed by atoms with Gasteiger partial charge in [0.1, 0.15) is 57.6 Å². The van der Waals surface area contributed by atoms with Crippen LogP contribution >= 0.6 is 208 Å². The lowest BCUT2D eigenvalue weighted by Crippen LogP contribution is -2.53. The Kier molecular flexibility index (Phi) is 39.7. The van der Waals surface area contributed by atoms with Gasteiger partial charge in [0.2, 0.25) is 0 Å². The van der Waals surface area contributed by atoms with E-state index in [2.05, 4.69) is 66.6 Å². The Morgan fingerprint density at radius 2 is 0.726 bits per heavy atom. The van der Waals surface area contributed by atoms with E-state index in [-0.39, 0.29) is 268 Å². The highest BCUT2D eigenvalue weighted by atomic mass is 79.9. The van der Waals surface area contributed by atoms with E-state index >= 15 is 0 Å². The number of hydrogen-bond acceptors (Lipinski definition) is 30. The molecule has 0 amide bonds. The Morgan fingerprint density at radius 1 is 0.370 bits per heavy atom. The van der Waals surface area contributed by atoms with Gasteiger partial charge < -0.3 is 65.2 Å². The zero-order valence-electron chi connectivity index (χ0n) is 76.2. The van der Waals surface area contributed by atoms with Crippen LogP contribution in [0.1, 0.15) is 62.9 Å². The van der Waals surface area contributed by atoms with Crippen LogP contribution in [-0.4, -0.2) is 226 Å². The number of likely N-dealkylation sites (N-methyl/N-ethyl adjacent to an activating group) is 1. The molecule has 36 nitrogen and oxygen atoms in total. The SMILES string of the molecule is Br.Br.C.CN1CCCC1CCn1cnc2c(O)c(Cl)cc(Cl)c2c1=O.CN1CCN(n2cnc3c(O)c(Cl)cc(Cl)c3c2=O)CC1.Cc1cnc(-n2cnc3c(O)c(Cl)cc(Cl)c3c2=O)s1.O=c1c2c(Cl)cc(Cl)c(O)c2ncn1CC1CC1.O=c1c2c(Cl)cc(Cl)c(O)c2ncn1CCN1CCCC1.O=c1c2c(Cl)cc(Cl)c(O)c2ncn1Cc1ccccn1.O=c1c2c(Cl)cc(Cl)c(O)c2ncn1N1CCOCC1. The van der Waals surface area contributed by atoms with Crippen LogP contribution in [0.15, 0.2) is 151 Å². The predicted molar refractivity (Wildman–Crippen MR) is 589 cm³/mol. The van der Waals surface area contributed by atoms with Gasteiger partial charge in [-0.25, -0.2) is 53.8 Å². The fourth-order valence-electron chi connectivity index (χ4n) is 16.1. The highest BCUT2D eigenvalue weighted by Gasteiger charge is 2.29. The molecule has 7 N–H and O–H groups in total. The molecule has 0 spiro atoms. The quantitative estimate of drug-likeness (QED) is 0.0563. The fourth-order valence-corrected chi connectivity index (χ4v) is 20.6. The normalized spacial score (nSPS) is 14.7. The molecule has 774 valence electrons. The molecule has 1 unspecified atom stereocenters. The van der Waals surface area contributed by atoms with Gasteiger partial charge in [0, 0.05) is 75.7 Å². The fraction of sp³-hybridized carbons (Fsp3) is 0.312. The molecule has 1 atom stereocenters. The van der Waals surface area contributed by atoms with Crippen LogP contribution in [0.5, 0.6) is 40.2 Å². The van der Waals surface area contributed by atoms with Crippen molar-refractivity contribution in [2.24, 2.45) is 5.92 Å². The lowest BCUT2D eigenvalue weighted by atomic mass is 10.1. The number of benzene rings is 7. The zero-order valence-corrected chi connectivity index (χ0v) is 91.0. The van der Waals surface area contributed by atoms with Crippen molar-refractivity contribution in [2.75, 3.05) is 103 Å². The van der Waals surface area contributed by atoms with Crippen molar-refractivity contribution >= 4 is 284 Å². The average molecular weight is 2430 g/mol. The summed E-state index contributed by atoms with van der Waals surface area (Å²) in [6, 6.07) is 15.4. The second-order valence-electron chi connectivity index (χ2n) is 33.4. The molecule has 16 aromatic rings. The average Bonchev–Trinajstić information content (AvgIpc) is 1.37. The Morgan fingerprint density at radius 3 is 1.10 bits per heavy atom. The summed E-state index contributed by atoms with van der Waals surface area (Å²) in [6.07, 6.45) is 21.0. The van der Waals surface area contributed by atoms with E-state index < -0.39 is 5.56 Å². The number of fused-ring (bicyclic) bond motifs is 7. The van der Waals surface area contributed by atoms with Gasteiger partial charge in [-0.2, -0.15) is 0 Å². The number of likely N-dealkylation sites (tertiary alicyclic amines) is 2. The molecule has 5 aliphatic rings. The first-order valence-electron chi connectivity index (χ1n) is 43.8. The van der Waals surface area contributed by atoms with Crippen molar-refractivity contribution in [1.82, 2.24) is 91.7 Å². The van der Waals surface area contributed by atoms with Gasteiger partial charge in [-0.3, -0.25) is 56.8 Å². The van der Waals surface area contributed by atoms with E-state index in [1.54, 1.807) is 33.7 Å². The van der Waals surface area contributed by atoms with Crippen molar-refractivity contribution in [3.8, 4) is 45.4 Å². The van der Waals surface area contributed by atoms with E-state index in [4.69, 9.17) is 167 Å². The summed E-state index contributed by atoms with van der Waals surface area (Å²) in [5.74, 6) is -1.03. The Bertz CT molecular complexity index is 8080. The number of rotatable bonds is 13. The lowest BCUT2D eigenvalue weighted by Gasteiger charge is -2.34. The van der Waals surface area contributed by atoms with Crippen LogP contribution in [-0.2, 0) is 30.9 Å². The van der Waals surface area contributed by atoms with Crippen LogP contribution in [0.4, 0.5) is 0 Å². The predicted octanol–water partition coefficient (Wildman–Crippen LogP) is 18.7. The number of phenolic OH excluding ortho intramolecular Hbond substituents is 7. The van der Waals surface area contributed by atoms with Crippen molar-refractivity contribution in [1.29, 1.82) is 0 Å². The number of ether oxygens (including phenoxy) is 1. The van der Waals surface area contributed by atoms with E-state index in [1.165, 1.54) is 140 Å². The molecule has 7 aromatic carbocycles. The molecule has 53 heteroatoms. The second kappa shape index (κ2) is 50.3. The third-order valence-electron chi connectivity index (χ3n) is 24.0. The largest absolute Gasteiger partial charge is 0.504 e. The number of thiazole rings is 1. The zero-order chi connectivity index (χ0) is 103. The van der Waals surface area contributed by atoms with Crippen LogP contribution in [0.3, 0.4) is 0 Å². The summed E-state index contributed by atoms with van der Waals surface area (Å²) in [6.45, 7) is 13.5. The molecule has 5 fully saturated rings. The lowest BCUT2D eigenvalue weighted by molar-refractivity contribution is 0.110. The molecule has 13 heterocycles. The van der Waals surface area contributed by atoms with E-state index in [0.29, 0.717) is 63.0 Å². The van der Waals surface area contributed by atoms with Gasteiger partial charge in [-0.1, -0.05) is 176 Å². The molecule has 4 aliphatic heterocycles. The molecule has 21 rings (SSSR count). The second-order valence-corrected chi connectivity index (χ2v) is 40.3. The molecule has 1 saturated carbocycles. The minimum atomic E-state index is -0.402. The summed E-state index contributed by atoms with van der Waals surface area (Å²) < 4.78 is 15.4.